The van der Waals surface area contributed by atoms with Crippen molar-refractivity contribution in [1.82, 2.24) is 30.5 Å². The van der Waals surface area contributed by atoms with Crippen LogP contribution in [0.15, 0.2) is 40.9 Å². The van der Waals surface area contributed by atoms with E-state index in [2.05, 4.69) is 37.4 Å². The Kier molecular flexibility index (Phi) is 4.62. The summed E-state index contributed by atoms with van der Waals surface area (Å²) in [7, 11) is 0. The van der Waals surface area contributed by atoms with Gasteiger partial charge in [-0.25, -0.2) is 5.10 Å². The first-order chi connectivity index (χ1) is 17.1. The zero-order valence-corrected chi connectivity index (χ0v) is 19.4. The summed E-state index contributed by atoms with van der Waals surface area (Å²) in [5.41, 5.74) is 2.82. The molecule has 0 spiro atoms. The number of fused-ring (bicyclic) bond motifs is 1. The van der Waals surface area contributed by atoms with Crippen LogP contribution >= 0.6 is 0 Å². The molecule has 2 saturated carbocycles. The van der Waals surface area contributed by atoms with Crippen molar-refractivity contribution in [3.63, 3.8) is 0 Å². The van der Waals surface area contributed by atoms with Crippen LogP contribution in [0.25, 0.3) is 22.2 Å². The van der Waals surface area contributed by atoms with Crippen LogP contribution in [0.2, 0.25) is 0 Å². The second-order valence-electron chi connectivity index (χ2n) is 10.6. The largest absolute Gasteiger partial charge is 0.431 e. The van der Waals surface area contributed by atoms with E-state index in [1.807, 2.05) is 24.4 Å². The molecule has 1 amide bonds. The van der Waals surface area contributed by atoms with Gasteiger partial charge in [-0.2, -0.15) is 4.39 Å². The van der Waals surface area contributed by atoms with Crippen LogP contribution in [0.5, 0.6) is 0 Å². The molecule has 2 aliphatic heterocycles. The summed E-state index contributed by atoms with van der Waals surface area (Å²) >= 11 is 0. The van der Waals surface area contributed by atoms with E-state index < -0.39 is 6.01 Å². The number of piperidine rings is 2. The molecule has 2 aliphatic carbocycles. The number of furan rings is 1. The Bertz CT molecular complexity index is 1390. The number of H-pyrrole nitrogens is 2. The number of aromatic amines is 2. The number of carbonyl (C=O) groups is 1. The van der Waals surface area contributed by atoms with Gasteiger partial charge in [0.15, 0.2) is 5.82 Å². The van der Waals surface area contributed by atoms with E-state index in [0.717, 1.165) is 47.1 Å². The van der Waals surface area contributed by atoms with E-state index in [4.69, 9.17) is 4.42 Å². The number of benzene rings is 1. The third-order valence-corrected chi connectivity index (χ3v) is 8.62. The monoisotopic (exact) mass is 474 g/mol. The number of rotatable bonds is 5. The fraction of sp³-hybridized carbons (Fsp3) is 0.462. The number of nitrogens with zero attached hydrogens (tertiary/aromatic N) is 4. The predicted octanol–water partition coefficient (Wildman–Crippen LogP) is 4.76. The fourth-order valence-electron chi connectivity index (χ4n) is 7.37. The Labute approximate surface area is 201 Å². The summed E-state index contributed by atoms with van der Waals surface area (Å²) in [5.74, 6) is 2.91. The normalized spacial score (nSPS) is 28.2. The van der Waals surface area contributed by atoms with Gasteiger partial charge in [0.2, 0.25) is 5.91 Å². The molecular formula is C26H27FN6O2. The van der Waals surface area contributed by atoms with Crippen molar-refractivity contribution in [3.05, 3.63) is 53.9 Å². The van der Waals surface area contributed by atoms with Crippen molar-refractivity contribution < 1.29 is 13.6 Å². The minimum atomic E-state index is -0.608. The van der Waals surface area contributed by atoms with Crippen LogP contribution in [0.1, 0.15) is 62.3 Å². The third kappa shape index (κ3) is 3.24. The van der Waals surface area contributed by atoms with Crippen molar-refractivity contribution in [2.75, 3.05) is 0 Å². The van der Waals surface area contributed by atoms with Crippen LogP contribution < -0.4 is 0 Å². The molecule has 9 heteroatoms. The Morgan fingerprint density at radius 2 is 2.14 bits per heavy atom. The molecule has 8 nitrogen and oxygen atoms in total. The highest BCUT2D eigenvalue weighted by molar-refractivity contribution is 5.97. The standard InChI is InChI=1S/C26H27FN6O2/c1-13(18-12-28-19-4-2-3-17(25(18)19)21-5-6-22(27)35-21)7-23(34)33-16-9-14-8-15(11-16)24(20(33)10-14)26-29-31-32-30-26/h2-6,12-16,20,24,28H,7-11H2,1H3,(H,29,30,31,32). The van der Waals surface area contributed by atoms with Crippen LogP contribution in [0.3, 0.4) is 0 Å². The van der Waals surface area contributed by atoms with Crippen molar-refractivity contribution in [2.45, 2.75) is 62.9 Å². The quantitative estimate of drug-likeness (QED) is 0.434. The van der Waals surface area contributed by atoms with Crippen molar-refractivity contribution in [1.29, 1.82) is 0 Å². The number of tetrazole rings is 1. The Morgan fingerprint density at radius 1 is 1.23 bits per heavy atom. The minimum Gasteiger partial charge on any atom is -0.431 e. The summed E-state index contributed by atoms with van der Waals surface area (Å²) in [4.78, 5) is 19.3. The Balaban J connectivity index is 1.19. The molecule has 4 bridgehead atoms. The van der Waals surface area contributed by atoms with Gasteiger partial charge in [-0.1, -0.05) is 19.1 Å². The lowest BCUT2D eigenvalue weighted by molar-refractivity contribution is -0.152. The summed E-state index contributed by atoms with van der Waals surface area (Å²) < 4.78 is 18.9. The summed E-state index contributed by atoms with van der Waals surface area (Å²) in [6.07, 6.45) is 6.76. The molecule has 2 N–H and O–H groups in total. The fourth-order valence-corrected chi connectivity index (χ4v) is 7.37. The Hall–Kier alpha value is -3.49. The molecule has 4 aromatic rings. The number of aromatic nitrogens is 5. The van der Waals surface area contributed by atoms with E-state index in [1.54, 1.807) is 6.07 Å². The molecule has 5 heterocycles. The predicted molar refractivity (Wildman–Crippen MR) is 126 cm³/mol. The average molecular weight is 475 g/mol. The second kappa shape index (κ2) is 7.76. The van der Waals surface area contributed by atoms with Crippen LogP contribution in [-0.2, 0) is 4.79 Å². The maximum absolute atomic E-state index is 13.8. The first-order valence-electron chi connectivity index (χ1n) is 12.5. The lowest BCUT2D eigenvalue weighted by Crippen LogP contribution is -2.63. The van der Waals surface area contributed by atoms with Crippen LogP contribution in [-0.4, -0.2) is 48.5 Å². The van der Waals surface area contributed by atoms with E-state index >= 15 is 0 Å². The third-order valence-electron chi connectivity index (χ3n) is 8.62. The molecule has 1 aromatic carbocycles. The van der Waals surface area contributed by atoms with Gasteiger partial charge in [-0.15, -0.1) is 5.10 Å². The second-order valence-corrected chi connectivity index (χ2v) is 10.6. The van der Waals surface area contributed by atoms with Crippen molar-refractivity contribution in [2.24, 2.45) is 11.8 Å². The minimum absolute atomic E-state index is 0.0141. The first-order valence-corrected chi connectivity index (χ1v) is 12.5. The Morgan fingerprint density at radius 3 is 2.94 bits per heavy atom. The lowest BCUT2D eigenvalue weighted by Gasteiger charge is -2.59. The topological polar surface area (TPSA) is 104 Å². The molecule has 6 atom stereocenters. The van der Waals surface area contributed by atoms with Crippen LogP contribution in [0.4, 0.5) is 4.39 Å². The van der Waals surface area contributed by atoms with E-state index in [1.165, 1.54) is 12.5 Å². The molecule has 3 aromatic heterocycles. The van der Waals surface area contributed by atoms with E-state index in [0.29, 0.717) is 30.1 Å². The summed E-state index contributed by atoms with van der Waals surface area (Å²) in [6, 6.07) is 8.69. The molecule has 6 unspecified atom stereocenters. The van der Waals surface area contributed by atoms with Crippen LogP contribution in [0, 0.1) is 17.8 Å². The van der Waals surface area contributed by atoms with Crippen molar-refractivity contribution >= 4 is 16.8 Å². The number of hydrogen-bond acceptors (Lipinski definition) is 5. The highest BCUT2D eigenvalue weighted by atomic mass is 19.1. The number of amides is 1. The maximum atomic E-state index is 13.8. The highest BCUT2D eigenvalue weighted by Gasteiger charge is 2.55. The van der Waals surface area contributed by atoms with E-state index in [-0.39, 0.29) is 23.8 Å². The smallest absolute Gasteiger partial charge is 0.278 e. The molecule has 4 fully saturated rings. The van der Waals surface area contributed by atoms with Gasteiger partial charge in [0, 0.05) is 53.2 Å². The van der Waals surface area contributed by atoms with Gasteiger partial charge in [-0.3, -0.25) is 4.79 Å². The van der Waals surface area contributed by atoms with Gasteiger partial charge in [0.05, 0.1) is 0 Å². The van der Waals surface area contributed by atoms with Gasteiger partial charge in [0.1, 0.15) is 5.76 Å². The summed E-state index contributed by atoms with van der Waals surface area (Å²) in [5, 5.41) is 15.8. The van der Waals surface area contributed by atoms with Gasteiger partial charge < -0.3 is 14.3 Å². The highest BCUT2D eigenvalue weighted by Crippen LogP contribution is 2.55. The zero-order valence-electron chi connectivity index (χ0n) is 19.4. The SMILES string of the molecule is CC(CC(=O)N1C2CC3CC(C2)C(c2nnn[nH]2)C1C3)c1c[nH]c2cccc(-c3ccc(F)o3)c12. The molecule has 2 saturated heterocycles. The van der Waals surface area contributed by atoms with Crippen molar-refractivity contribution in [3.8, 4) is 11.3 Å². The molecule has 180 valence electrons. The maximum Gasteiger partial charge on any atom is 0.278 e. The van der Waals surface area contributed by atoms with Gasteiger partial charge in [-0.05, 0) is 71.6 Å². The first kappa shape index (κ1) is 20.8. The number of hydrogen-bond donors (Lipinski definition) is 2. The molecule has 35 heavy (non-hydrogen) atoms. The molecular weight excluding hydrogens is 447 g/mol. The molecule has 8 rings (SSSR count). The average Bonchev–Trinajstić information content (AvgIpc) is 3.59. The molecule has 4 aliphatic rings. The number of carbonyl (C=O) groups excluding carboxylic acids is 1. The van der Waals surface area contributed by atoms with E-state index in [9.17, 15) is 9.18 Å². The number of halogens is 1. The number of nitrogens with one attached hydrogen (secondary N) is 2. The van der Waals surface area contributed by atoms with Gasteiger partial charge >= 0.3 is 0 Å². The zero-order chi connectivity index (χ0) is 23.7. The van der Waals surface area contributed by atoms with Gasteiger partial charge in [0.25, 0.3) is 6.01 Å². The molecule has 0 radical (unpaired) electrons. The lowest BCUT2D eigenvalue weighted by atomic mass is 9.58. The summed E-state index contributed by atoms with van der Waals surface area (Å²) in [6.45, 7) is 2.09.